The quantitative estimate of drug-likeness (QED) is 0.520. The Balaban J connectivity index is 1.68. The van der Waals surface area contributed by atoms with E-state index in [1.807, 2.05) is 0 Å². The second-order valence-electron chi connectivity index (χ2n) is 6.16. The summed E-state index contributed by atoms with van der Waals surface area (Å²) < 4.78 is 19.3. The smallest absolute Gasteiger partial charge is 0.195 e. The standard InChI is InChI=1S/C21H16FN3O2/c1-12-10-13(27-18-5-3-2-4-16(18)22)6-7-14(12)20(26)15-11-25-21-19(15)17(23)8-9-24-21/h2-11H,1H3,(H3,23,24,25). The van der Waals surface area contributed by atoms with Crippen molar-refractivity contribution in [1.29, 1.82) is 0 Å². The molecular weight excluding hydrogens is 345 g/mol. The first kappa shape index (κ1) is 16.8. The van der Waals surface area contributed by atoms with Gasteiger partial charge >= 0.3 is 0 Å². The van der Waals surface area contributed by atoms with Crippen molar-refractivity contribution in [3.05, 3.63) is 83.4 Å². The predicted molar refractivity (Wildman–Crippen MR) is 102 cm³/mol. The predicted octanol–water partition coefficient (Wildman–Crippen LogP) is 4.62. The van der Waals surface area contributed by atoms with Crippen LogP contribution in [0.1, 0.15) is 21.5 Å². The maximum Gasteiger partial charge on any atom is 0.195 e. The number of nitrogens with zero attached hydrogens (tertiary/aromatic N) is 1. The lowest BCUT2D eigenvalue weighted by molar-refractivity contribution is 0.103. The van der Waals surface area contributed by atoms with E-state index in [0.717, 1.165) is 0 Å². The first-order valence-electron chi connectivity index (χ1n) is 8.34. The van der Waals surface area contributed by atoms with Crippen LogP contribution in [0.5, 0.6) is 11.5 Å². The maximum atomic E-state index is 13.8. The van der Waals surface area contributed by atoms with Crippen LogP contribution in [-0.2, 0) is 0 Å². The van der Waals surface area contributed by atoms with E-state index in [9.17, 15) is 9.18 Å². The Labute approximate surface area is 154 Å². The monoisotopic (exact) mass is 361 g/mol. The summed E-state index contributed by atoms with van der Waals surface area (Å²) in [5.41, 5.74) is 8.75. The average molecular weight is 361 g/mol. The van der Waals surface area contributed by atoms with Crippen LogP contribution in [0.25, 0.3) is 11.0 Å². The van der Waals surface area contributed by atoms with E-state index < -0.39 is 5.82 Å². The van der Waals surface area contributed by atoms with Crippen LogP contribution in [-0.4, -0.2) is 15.8 Å². The lowest BCUT2D eigenvalue weighted by atomic mass is 9.98. The molecule has 27 heavy (non-hydrogen) atoms. The topological polar surface area (TPSA) is 81.0 Å². The van der Waals surface area contributed by atoms with Gasteiger partial charge in [-0.25, -0.2) is 9.37 Å². The number of nitrogen functional groups attached to an aromatic ring is 1. The molecule has 0 aliphatic rings. The number of nitrogens with two attached hydrogens (primary N) is 1. The van der Waals surface area contributed by atoms with Gasteiger partial charge in [0.15, 0.2) is 17.3 Å². The Kier molecular flexibility index (Phi) is 4.08. The summed E-state index contributed by atoms with van der Waals surface area (Å²) in [6.45, 7) is 1.80. The van der Waals surface area contributed by atoms with Gasteiger partial charge in [0.25, 0.3) is 0 Å². The van der Waals surface area contributed by atoms with Crippen LogP contribution in [0, 0.1) is 12.7 Å². The summed E-state index contributed by atoms with van der Waals surface area (Å²) in [6.07, 6.45) is 3.20. The molecule has 0 saturated heterocycles. The summed E-state index contributed by atoms with van der Waals surface area (Å²) in [4.78, 5) is 20.2. The van der Waals surface area contributed by atoms with Gasteiger partial charge in [0.2, 0.25) is 0 Å². The number of para-hydroxylation sites is 1. The fourth-order valence-electron chi connectivity index (χ4n) is 3.01. The molecule has 2 heterocycles. The van der Waals surface area contributed by atoms with E-state index in [4.69, 9.17) is 10.5 Å². The molecule has 5 nitrogen and oxygen atoms in total. The van der Waals surface area contributed by atoms with Crippen LogP contribution in [0.2, 0.25) is 0 Å². The molecule has 2 aromatic heterocycles. The molecule has 0 radical (unpaired) electrons. The highest BCUT2D eigenvalue weighted by atomic mass is 19.1. The normalized spacial score (nSPS) is 10.9. The number of H-pyrrole nitrogens is 1. The minimum atomic E-state index is -0.447. The van der Waals surface area contributed by atoms with Crippen molar-refractivity contribution in [2.45, 2.75) is 6.92 Å². The van der Waals surface area contributed by atoms with E-state index in [1.165, 1.54) is 6.07 Å². The average Bonchev–Trinajstić information content (AvgIpc) is 3.09. The number of ketones is 1. The molecule has 0 saturated carbocycles. The third-order valence-corrected chi connectivity index (χ3v) is 4.36. The highest BCUT2D eigenvalue weighted by Crippen LogP contribution is 2.29. The Hall–Kier alpha value is -3.67. The molecular formula is C21H16FN3O2. The molecule has 2 aromatic carbocycles. The van der Waals surface area contributed by atoms with Crippen molar-refractivity contribution < 1.29 is 13.9 Å². The molecule has 0 atom stereocenters. The van der Waals surface area contributed by atoms with Crippen LogP contribution in [0.4, 0.5) is 10.1 Å². The molecule has 4 aromatic rings. The van der Waals surface area contributed by atoms with Gasteiger partial charge in [-0.15, -0.1) is 0 Å². The molecule has 3 N–H and O–H groups in total. The lowest BCUT2D eigenvalue weighted by Crippen LogP contribution is -2.04. The molecule has 0 aliphatic carbocycles. The summed E-state index contributed by atoms with van der Waals surface area (Å²) in [7, 11) is 0. The number of ether oxygens (including phenoxy) is 1. The van der Waals surface area contributed by atoms with Crippen molar-refractivity contribution in [3.8, 4) is 11.5 Å². The minimum Gasteiger partial charge on any atom is -0.454 e. The van der Waals surface area contributed by atoms with E-state index in [2.05, 4.69) is 9.97 Å². The zero-order chi connectivity index (χ0) is 19.0. The third-order valence-electron chi connectivity index (χ3n) is 4.36. The zero-order valence-corrected chi connectivity index (χ0v) is 14.5. The zero-order valence-electron chi connectivity index (χ0n) is 14.5. The number of nitrogens with one attached hydrogen (secondary N) is 1. The number of aromatic nitrogens is 2. The SMILES string of the molecule is Cc1cc(Oc2ccccc2F)ccc1C(=O)c1c[nH]c2nccc(N)c12. The van der Waals surface area contributed by atoms with Crippen molar-refractivity contribution in [1.82, 2.24) is 9.97 Å². The Bertz CT molecular complexity index is 1170. The minimum absolute atomic E-state index is 0.131. The van der Waals surface area contributed by atoms with E-state index in [0.29, 0.717) is 39.2 Å². The molecule has 0 bridgehead atoms. The number of anilines is 1. The number of fused-ring (bicyclic) bond motifs is 1. The van der Waals surface area contributed by atoms with Gasteiger partial charge in [0.05, 0.1) is 10.9 Å². The highest BCUT2D eigenvalue weighted by molar-refractivity contribution is 6.18. The van der Waals surface area contributed by atoms with E-state index in [-0.39, 0.29) is 11.5 Å². The van der Waals surface area contributed by atoms with Gasteiger partial charge in [-0.05, 0) is 48.9 Å². The second kappa shape index (κ2) is 6.57. The number of benzene rings is 2. The van der Waals surface area contributed by atoms with Gasteiger partial charge in [-0.3, -0.25) is 4.79 Å². The van der Waals surface area contributed by atoms with Gasteiger partial charge in [-0.2, -0.15) is 0 Å². The maximum absolute atomic E-state index is 13.8. The molecule has 0 spiro atoms. The molecule has 0 unspecified atom stereocenters. The van der Waals surface area contributed by atoms with Crippen LogP contribution in [0.15, 0.2) is 60.9 Å². The van der Waals surface area contributed by atoms with Crippen molar-refractivity contribution in [2.24, 2.45) is 0 Å². The summed E-state index contributed by atoms with van der Waals surface area (Å²) >= 11 is 0. The number of carbonyl (C=O) groups is 1. The lowest BCUT2D eigenvalue weighted by Gasteiger charge is -2.10. The Morgan fingerprint density at radius 3 is 2.74 bits per heavy atom. The fraction of sp³-hybridized carbons (Fsp3) is 0.0476. The van der Waals surface area contributed by atoms with Crippen LogP contribution >= 0.6 is 0 Å². The van der Waals surface area contributed by atoms with Crippen molar-refractivity contribution in [2.75, 3.05) is 5.73 Å². The van der Waals surface area contributed by atoms with Crippen molar-refractivity contribution >= 4 is 22.5 Å². The van der Waals surface area contributed by atoms with Gasteiger partial charge in [0, 0.05) is 23.6 Å². The van der Waals surface area contributed by atoms with Gasteiger partial charge in [0.1, 0.15) is 11.4 Å². The largest absolute Gasteiger partial charge is 0.454 e. The van der Waals surface area contributed by atoms with E-state index >= 15 is 0 Å². The molecule has 0 fully saturated rings. The van der Waals surface area contributed by atoms with Gasteiger partial charge in [-0.1, -0.05) is 12.1 Å². The molecule has 6 heteroatoms. The third kappa shape index (κ3) is 3.01. The number of aryl methyl sites for hydroxylation is 1. The first-order valence-corrected chi connectivity index (χ1v) is 8.34. The summed E-state index contributed by atoms with van der Waals surface area (Å²) in [5.74, 6) is -0.0336. The van der Waals surface area contributed by atoms with Crippen LogP contribution in [0.3, 0.4) is 0 Å². The number of hydrogen-bond acceptors (Lipinski definition) is 4. The highest BCUT2D eigenvalue weighted by Gasteiger charge is 2.19. The summed E-state index contributed by atoms with van der Waals surface area (Å²) in [5, 5.41) is 0.605. The molecule has 0 amide bonds. The van der Waals surface area contributed by atoms with E-state index in [1.54, 1.807) is 61.8 Å². The number of carbonyl (C=O) groups excluding carboxylic acids is 1. The second-order valence-corrected chi connectivity index (χ2v) is 6.16. The summed E-state index contributed by atoms with van der Waals surface area (Å²) in [6, 6.07) is 12.8. The Morgan fingerprint density at radius 1 is 1.15 bits per heavy atom. The first-order chi connectivity index (χ1) is 13.0. The van der Waals surface area contributed by atoms with Crippen LogP contribution < -0.4 is 10.5 Å². The van der Waals surface area contributed by atoms with Crippen molar-refractivity contribution in [3.63, 3.8) is 0 Å². The number of aromatic amines is 1. The number of pyridine rings is 1. The number of halogens is 1. The Morgan fingerprint density at radius 2 is 1.96 bits per heavy atom. The molecule has 134 valence electrons. The van der Waals surface area contributed by atoms with Gasteiger partial charge < -0.3 is 15.5 Å². The molecule has 0 aliphatic heterocycles. The number of hydrogen-bond donors (Lipinski definition) is 2. The molecule has 4 rings (SSSR count). The number of rotatable bonds is 4. The fourth-order valence-corrected chi connectivity index (χ4v) is 3.01.